The summed E-state index contributed by atoms with van der Waals surface area (Å²) in [7, 11) is 0. The van der Waals surface area contributed by atoms with Crippen molar-refractivity contribution in [1.29, 1.82) is 0 Å². The van der Waals surface area contributed by atoms with Gasteiger partial charge in [0.25, 0.3) is 0 Å². The highest BCUT2D eigenvalue weighted by atomic mass is 32.2. The third-order valence-corrected chi connectivity index (χ3v) is 4.59. The number of hydrogen-bond acceptors (Lipinski definition) is 3. The van der Waals surface area contributed by atoms with Crippen LogP contribution in [-0.2, 0) is 4.79 Å². The average Bonchev–Trinajstić information content (AvgIpc) is 2.70. The number of carbonyl (C=O) groups excluding carboxylic acids is 1. The molecule has 0 spiro atoms. The second kappa shape index (κ2) is 7.27. The van der Waals surface area contributed by atoms with Crippen LogP contribution >= 0.6 is 11.8 Å². The van der Waals surface area contributed by atoms with E-state index in [9.17, 15) is 4.79 Å². The second-order valence-electron chi connectivity index (χ2n) is 4.87. The van der Waals surface area contributed by atoms with Crippen LogP contribution in [0.3, 0.4) is 0 Å². The largest absolute Gasteiger partial charge is 0.326 e. The highest BCUT2D eigenvalue weighted by Crippen LogP contribution is 2.19. The van der Waals surface area contributed by atoms with Gasteiger partial charge in [0.2, 0.25) is 5.91 Å². The van der Waals surface area contributed by atoms with Gasteiger partial charge in [-0.15, -0.1) is 0 Å². The van der Waals surface area contributed by atoms with Crippen molar-refractivity contribution in [3.8, 4) is 0 Å². The van der Waals surface area contributed by atoms with Crippen molar-refractivity contribution >= 4 is 17.7 Å². The predicted molar refractivity (Wildman–Crippen MR) is 75.2 cm³/mol. The minimum atomic E-state index is 0.0429. The van der Waals surface area contributed by atoms with E-state index in [1.54, 1.807) is 0 Å². The number of amides is 1. The van der Waals surface area contributed by atoms with Crippen LogP contribution in [0.1, 0.15) is 40.5 Å². The molecule has 0 aromatic rings. The molecule has 0 aromatic heterocycles. The van der Waals surface area contributed by atoms with E-state index >= 15 is 0 Å². The van der Waals surface area contributed by atoms with Crippen molar-refractivity contribution in [2.45, 2.75) is 52.6 Å². The van der Waals surface area contributed by atoms with Crippen LogP contribution in [0.2, 0.25) is 0 Å². The first-order chi connectivity index (χ1) is 8.11. The van der Waals surface area contributed by atoms with Gasteiger partial charge in [-0.25, -0.2) is 0 Å². The van der Waals surface area contributed by atoms with Crippen LogP contribution in [0.15, 0.2) is 0 Å². The summed E-state index contributed by atoms with van der Waals surface area (Å²) >= 11 is 1.95. The molecule has 17 heavy (non-hydrogen) atoms. The van der Waals surface area contributed by atoms with Gasteiger partial charge in [-0.3, -0.25) is 10.1 Å². The Bertz CT molecular complexity index is 248. The Kier molecular flexibility index (Phi) is 6.34. The molecule has 100 valence electrons. The molecule has 0 aromatic carbocycles. The minimum Gasteiger partial charge on any atom is -0.326 e. The van der Waals surface area contributed by atoms with Gasteiger partial charge in [0.1, 0.15) is 0 Å². The van der Waals surface area contributed by atoms with E-state index < -0.39 is 0 Å². The van der Waals surface area contributed by atoms with Gasteiger partial charge < -0.3 is 4.90 Å². The van der Waals surface area contributed by atoms with Crippen molar-refractivity contribution in [1.82, 2.24) is 10.2 Å². The summed E-state index contributed by atoms with van der Waals surface area (Å²) in [6.07, 6.45) is 2.15. The number of carbonyl (C=O) groups is 1. The lowest BCUT2D eigenvalue weighted by Crippen LogP contribution is -2.39. The van der Waals surface area contributed by atoms with Crippen molar-refractivity contribution in [3.05, 3.63) is 0 Å². The maximum Gasteiger partial charge on any atom is 0.241 e. The fourth-order valence-corrected chi connectivity index (χ4v) is 2.94. The summed E-state index contributed by atoms with van der Waals surface area (Å²) in [5.41, 5.74) is 0. The van der Waals surface area contributed by atoms with Crippen LogP contribution < -0.4 is 5.32 Å². The number of nitrogens with one attached hydrogen (secondary N) is 1. The zero-order valence-electron chi connectivity index (χ0n) is 11.5. The normalized spacial score (nSPS) is 24.1. The molecule has 1 N–H and O–H groups in total. The molecule has 1 amide bonds. The van der Waals surface area contributed by atoms with Crippen LogP contribution in [0.25, 0.3) is 0 Å². The zero-order chi connectivity index (χ0) is 12.8. The Morgan fingerprint density at radius 1 is 1.47 bits per heavy atom. The molecule has 0 bridgehead atoms. The topological polar surface area (TPSA) is 32.3 Å². The van der Waals surface area contributed by atoms with Crippen molar-refractivity contribution < 1.29 is 4.79 Å². The Balaban J connectivity index is 2.43. The first-order valence-electron chi connectivity index (χ1n) is 6.73. The molecule has 4 heteroatoms. The molecule has 1 saturated heterocycles. The molecule has 0 aliphatic carbocycles. The van der Waals surface area contributed by atoms with Gasteiger partial charge in [-0.05, 0) is 30.8 Å². The van der Waals surface area contributed by atoms with Gasteiger partial charge in [0, 0.05) is 6.04 Å². The van der Waals surface area contributed by atoms with Crippen molar-refractivity contribution in [2.24, 2.45) is 5.92 Å². The smallest absolute Gasteiger partial charge is 0.241 e. The van der Waals surface area contributed by atoms with Crippen LogP contribution in [0.5, 0.6) is 0 Å². The molecule has 3 nitrogen and oxygen atoms in total. The number of rotatable bonds is 7. The maximum atomic E-state index is 12.2. The van der Waals surface area contributed by atoms with E-state index in [-0.39, 0.29) is 6.04 Å². The fourth-order valence-electron chi connectivity index (χ4n) is 2.15. The third kappa shape index (κ3) is 3.88. The summed E-state index contributed by atoms with van der Waals surface area (Å²) < 4.78 is 0. The van der Waals surface area contributed by atoms with E-state index in [0.29, 0.717) is 17.9 Å². The second-order valence-corrected chi connectivity index (χ2v) is 6.26. The lowest BCUT2D eigenvalue weighted by Gasteiger charge is -2.24. The number of hydrogen-bond donors (Lipinski definition) is 1. The highest BCUT2D eigenvalue weighted by Gasteiger charge is 2.36. The molecule has 3 atom stereocenters. The summed E-state index contributed by atoms with van der Waals surface area (Å²) in [5, 5.41) is 3.35. The molecule has 1 fully saturated rings. The lowest BCUT2D eigenvalue weighted by molar-refractivity contribution is -0.131. The molecule has 1 aliphatic rings. The summed E-state index contributed by atoms with van der Waals surface area (Å²) in [6, 6.07) is 0.407. The van der Waals surface area contributed by atoms with Gasteiger partial charge in [0.15, 0.2) is 0 Å². The van der Waals surface area contributed by atoms with Crippen LogP contribution in [0.4, 0.5) is 0 Å². The van der Waals surface area contributed by atoms with Crippen LogP contribution in [-0.4, -0.2) is 41.1 Å². The number of thioether (sulfide) groups is 1. The maximum absolute atomic E-state index is 12.2. The standard InChI is InChI=1S/C13H26N2OS/c1-5-10(3)12-13(16)15(9-14-12)11(4)7-8-17-6-2/h10-12,14H,5-9H2,1-4H3. The molecule has 1 rings (SSSR count). The quantitative estimate of drug-likeness (QED) is 0.711. The molecular weight excluding hydrogens is 232 g/mol. The minimum absolute atomic E-state index is 0.0429. The van der Waals surface area contributed by atoms with E-state index in [0.717, 1.165) is 31.0 Å². The van der Waals surface area contributed by atoms with Gasteiger partial charge >= 0.3 is 0 Å². The van der Waals surface area contributed by atoms with E-state index in [1.807, 2.05) is 16.7 Å². The van der Waals surface area contributed by atoms with Crippen molar-refractivity contribution in [2.75, 3.05) is 18.2 Å². The first kappa shape index (κ1) is 14.8. The van der Waals surface area contributed by atoms with Gasteiger partial charge in [0.05, 0.1) is 12.7 Å². The summed E-state index contributed by atoms with van der Waals surface area (Å²) in [4.78, 5) is 14.2. The van der Waals surface area contributed by atoms with Crippen molar-refractivity contribution in [3.63, 3.8) is 0 Å². The Hall–Kier alpha value is -0.220. The third-order valence-electron chi connectivity index (χ3n) is 3.66. The van der Waals surface area contributed by atoms with Crippen LogP contribution in [0, 0.1) is 5.92 Å². The molecular formula is C13H26N2OS. The SMILES string of the molecule is CCSCCC(C)N1CNC(C(C)CC)C1=O. The van der Waals surface area contributed by atoms with E-state index in [4.69, 9.17) is 0 Å². The average molecular weight is 258 g/mol. The predicted octanol–water partition coefficient (Wildman–Crippen LogP) is 2.32. The molecule has 0 radical (unpaired) electrons. The monoisotopic (exact) mass is 258 g/mol. The molecule has 1 aliphatic heterocycles. The first-order valence-corrected chi connectivity index (χ1v) is 7.88. The Morgan fingerprint density at radius 2 is 2.18 bits per heavy atom. The van der Waals surface area contributed by atoms with Gasteiger partial charge in [-0.1, -0.05) is 27.2 Å². The Labute approximate surface area is 110 Å². The zero-order valence-corrected chi connectivity index (χ0v) is 12.3. The summed E-state index contributed by atoms with van der Waals surface area (Å²) in [6.45, 7) is 9.36. The molecule has 3 unspecified atom stereocenters. The molecule has 0 saturated carbocycles. The number of nitrogens with zero attached hydrogens (tertiary/aromatic N) is 1. The van der Waals surface area contributed by atoms with E-state index in [1.165, 1.54) is 0 Å². The lowest BCUT2D eigenvalue weighted by atomic mass is 9.99. The highest BCUT2D eigenvalue weighted by molar-refractivity contribution is 7.99. The summed E-state index contributed by atoms with van der Waals surface area (Å²) in [5.74, 6) is 3.04. The molecule has 1 heterocycles. The van der Waals surface area contributed by atoms with E-state index in [2.05, 4.69) is 33.0 Å². The fraction of sp³-hybridized carbons (Fsp3) is 0.923. The Morgan fingerprint density at radius 3 is 2.76 bits per heavy atom. The van der Waals surface area contributed by atoms with Gasteiger partial charge in [-0.2, -0.15) is 11.8 Å².